The maximum Gasteiger partial charge on any atom is 0.485 e. The average Bonchev–Trinajstić information content (AvgIpc) is 0.813. The van der Waals surface area contributed by atoms with E-state index in [0.29, 0.717) is 44.6 Å². The van der Waals surface area contributed by atoms with Gasteiger partial charge in [0, 0.05) is 127 Å². The number of esters is 4. The number of fused-ring (bicyclic) bond motifs is 6. The standard InChI is InChI=1S/C68H88N4O14.2CHF3O3S.2Co/c1-65(2,3)49-33-45-29-41(61(49)77)37-69-53-17-13-14-18-54(53)70-38-42-30-46(34-50(62(42)78)66(4,5)6)85-59(75)23-27-82-28-24-60(76)86-48-32-44(64(80)52(36-48)68(10,11)12)40-72-56-20-16-15-19-55(56)71-39-43-31-47(35-51(63(43)79)67(7,8)9)84-58(74)22-26-81-25-21-57(73)83-45;2*2-1(3,4)8(5,6)7;;/h29-40,53-56,69-72H,13-28H2,1-12H3;2*(H,5,6,7);;/p-2/b41-37-,42-38-,43-39-,44-40?;;;;/t53-,54-,55-,56-;;;;/m1..../s1. The van der Waals surface area contributed by atoms with Gasteiger partial charge in [0.1, 0.15) is 23.0 Å². The van der Waals surface area contributed by atoms with Gasteiger partial charge >= 0.3 is 34.9 Å². The predicted octanol–water partition coefficient (Wildman–Crippen LogP) is 10.1. The number of halogens is 6. The zero-order valence-electron chi connectivity index (χ0n) is 59.5. The molecule has 0 spiro atoms. The maximum absolute atomic E-state index is 14.0. The zero-order valence-corrected chi connectivity index (χ0v) is 63.2. The SMILES string of the molecule is CC(C)(C)C1=CC2=CC(=CN[C@@H]3CCCC[C@H]3N/C=C3/C=C(C=C(C(C)(C)C)C3=O)OC(=O)CCOCCC(=O)OC3=C/C(=C/N[C@@H]4CCCC[C@H]4N/C=C4/C=C(C=C(C(C)(C)C)C4=O)OC(=O)CCOCCC(=O)O2)C(=O)C(C(C)(C)C)=C3)C1=O.O=S(=O)([O-])C(F)(F)F.O=S(=O)([O-])C(F)(F)F.[Co].[Co]. The van der Waals surface area contributed by atoms with Gasteiger partial charge in [-0.2, -0.15) is 26.3 Å². The number of allylic oxidation sites excluding steroid dienone is 16. The Morgan fingerprint density at radius 3 is 0.673 bits per heavy atom. The summed E-state index contributed by atoms with van der Waals surface area (Å²) in [5.74, 6) is -2.52. The van der Waals surface area contributed by atoms with Gasteiger partial charge in [0.05, 0.1) is 52.1 Å². The third-order valence-corrected chi connectivity index (χ3v) is 17.4. The van der Waals surface area contributed by atoms with E-state index < -0.39 is 76.8 Å². The topological polar surface area (TPSA) is 354 Å². The van der Waals surface area contributed by atoms with Crippen molar-refractivity contribution in [2.24, 2.45) is 21.7 Å². The molecule has 0 unspecified atom stereocenters. The molecule has 582 valence electrons. The number of hydrogen-bond donors (Lipinski definition) is 4. The van der Waals surface area contributed by atoms with Gasteiger partial charge in [-0.15, -0.1) is 0 Å². The summed E-state index contributed by atoms with van der Waals surface area (Å²) >= 11 is 0. The number of carbonyl (C=O) groups is 8. The summed E-state index contributed by atoms with van der Waals surface area (Å²) in [7, 11) is -12.2. The van der Waals surface area contributed by atoms with E-state index >= 15 is 0 Å². The summed E-state index contributed by atoms with van der Waals surface area (Å²) in [6, 6.07) is -0.666. The minimum absolute atomic E-state index is 0. The quantitative estimate of drug-likeness (QED) is 0.0575. The molecule has 7 aliphatic rings. The first kappa shape index (κ1) is 91.2. The van der Waals surface area contributed by atoms with Gasteiger partial charge in [-0.05, 0) is 96.0 Å². The van der Waals surface area contributed by atoms with Gasteiger partial charge in [-0.25, -0.2) is 16.8 Å². The summed E-state index contributed by atoms with van der Waals surface area (Å²) in [5, 5.41) is 13.8. The van der Waals surface area contributed by atoms with Crippen LogP contribution in [-0.2, 0) is 121 Å². The zero-order chi connectivity index (χ0) is 76.7. The number of carbonyl (C=O) groups excluding carboxylic acids is 8. The third kappa shape index (κ3) is 28.0. The van der Waals surface area contributed by atoms with Crippen LogP contribution in [0.4, 0.5) is 26.3 Å². The summed E-state index contributed by atoms with van der Waals surface area (Å²) in [6.45, 7) is 22.6. The molecule has 0 saturated heterocycles. The molecule has 4 N–H and O–H groups in total. The van der Waals surface area contributed by atoms with Crippen molar-refractivity contribution in [3.63, 3.8) is 0 Å². The van der Waals surface area contributed by atoms with E-state index in [4.69, 9.17) is 54.4 Å². The Balaban J connectivity index is 0.00000139. The molecule has 8 bridgehead atoms. The molecule has 1 heterocycles. The van der Waals surface area contributed by atoms with Gasteiger partial charge < -0.3 is 58.8 Å². The molecular weight excluding hydrogens is 1510 g/mol. The Morgan fingerprint density at radius 1 is 0.346 bits per heavy atom. The van der Waals surface area contributed by atoms with Crippen molar-refractivity contribution < 1.29 is 153 Å². The first-order valence-corrected chi connectivity index (χ1v) is 35.6. The second kappa shape index (κ2) is 38.0. The van der Waals surface area contributed by atoms with E-state index in [2.05, 4.69) is 21.3 Å². The third-order valence-electron chi connectivity index (χ3n) is 16.2. The molecule has 1 aliphatic heterocycles. The molecule has 104 heavy (non-hydrogen) atoms. The number of Topliss-reactive ketones (excluding diaryl/α,β-unsaturated/α-hetero) is 4. The van der Waals surface area contributed by atoms with Gasteiger partial charge in [-0.3, -0.25) is 38.4 Å². The van der Waals surface area contributed by atoms with E-state index in [1.165, 1.54) is 24.3 Å². The van der Waals surface area contributed by atoms with Crippen molar-refractivity contribution in [1.29, 1.82) is 0 Å². The van der Waals surface area contributed by atoms with Crippen LogP contribution >= 0.6 is 0 Å². The summed E-state index contributed by atoms with van der Waals surface area (Å²) in [5.41, 5.74) is -10.7. The first-order valence-electron chi connectivity index (χ1n) is 32.8. The normalized spacial score (nSPS) is 24.3. The van der Waals surface area contributed by atoms with Crippen LogP contribution in [0, 0.1) is 21.7 Å². The Kier molecular flexibility index (Phi) is 33.3. The molecule has 24 nitrogen and oxygen atoms in total. The smallest absolute Gasteiger partial charge is 0.485 e. The second-order valence-electron chi connectivity index (χ2n) is 28.7. The number of nitrogens with one attached hydrogen (secondary N) is 4. The minimum Gasteiger partial charge on any atom is -0.741 e. The molecule has 2 radical (unpaired) electrons. The summed E-state index contributed by atoms with van der Waals surface area (Å²) in [4.78, 5) is 109. The predicted molar refractivity (Wildman–Crippen MR) is 355 cm³/mol. The maximum atomic E-state index is 14.0. The van der Waals surface area contributed by atoms with E-state index in [0.717, 1.165) is 51.4 Å². The molecule has 4 atom stereocenters. The van der Waals surface area contributed by atoms with Crippen LogP contribution < -0.4 is 21.3 Å². The van der Waals surface area contributed by atoms with Crippen molar-refractivity contribution in [2.45, 2.75) is 195 Å². The van der Waals surface area contributed by atoms with Gasteiger partial charge in [0.25, 0.3) is 0 Å². The van der Waals surface area contributed by atoms with Crippen molar-refractivity contribution in [1.82, 2.24) is 21.3 Å². The molecule has 2 fully saturated rings. The van der Waals surface area contributed by atoms with Crippen molar-refractivity contribution in [2.75, 3.05) is 26.4 Å². The molecule has 2 saturated carbocycles. The Morgan fingerprint density at radius 2 is 0.519 bits per heavy atom. The molecule has 34 heteroatoms. The number of alkyl halides is 6. The molecule has 0 aromatic heterocycles. The van der Waals surface area contributed by atoms with Crippen molar-refractivity contribution in [3.8, 4) is 0 Å². The monoisotopic (exact) mass is 1600 g/mol. The summed E-state index contributed by atoms with van der Waals surface area (Å²) < 4.78 is 152. The van der Waals surface area contributed by atoms with Crippen LogP contribution in [0.25, 0.3) is 0 Å². The van der Waals surface area contributed by atoms with Crippen LogP contribution in [0.15, 0.2) is 141 Å². The molecular formula is C70H88Co2F6N4O20S2-2. The molecule has 0 aromatic rings. The molecule has 6 aliphatic carbocycles. The number of ketones is 4. The van der Waals surface area contributed by atoms with Crippen LogP contribution in [0.1, 0.15) is 160 Å². The van der Waals surface area contributed by atoms with E-state index in [-0.39, 0.29) is 156 Å². The summed E-state index contributed by atoms with van der Waals surface area (Å²) in [6.07, 6.45) is 25.2. The molecule has 7 rings (SSSR count). The van der Waals surface area contributed by atoms with Gasteiger partial charge in [0.2, 0.25) is 0 Å². The number of rotatable bonds is 0. The van der Waals surface area contributed by atoms with Crippen molar-refractivity contribution >= 4 is 67.2 Å². The fourth-order valence-electron chi connectivity index (χ4n) is 10.8. The minimum atomic E-state index is -6.09. The van der Waals surface area contributed by atoms with Crippen LogP contribution in [0.5, 0.6) is 0 Å². The number of hydrogen-bond acceptors (Lipinski definition) is 24. The Bertz CT molecular complexity index is 3430. The largest absolute Gasteiger partial charge is 0.741 e. The first-order chi connectivity index (χ1) is 46.9. The van der Waals surface area contributed by atoms with E-state index in [1.54, 1.807) is 49.1 Å². The van der Waals surface area contributed by atoms with Crippen LogP contribution in [0.2, 0.25) is 0 Å². The van der Waals surface area contributed by atoms with Gasteiger partial charge in [-0.1, -0.05) is 109 Å². The second-order valence-corrected chi connectivity index (χ2v) is 31.5. The van der Waals surface area contributed by atoms with Crippen LogP contribution in [0.3, 0.4) is 0 Å². The van der Waals surface area contributed by atoms with Gasteiger partial charge in [0.15, 0.2) is 43.4 Å². The Labute approximate surface area is 622 Å². The van der Waals surface area contributed by atoms with Crippen LogP contribution in [-0.4, -0.2) is 135 Å². The van der Waals surface area contributed by atoms with Crippen molar-refractivity contribution in [3.05, 3.63) is 141 Å². The fourth-order valence-corrected chi connectivity index (χ4v) is 10.8. The Hall–Kier alpha value is -7.03. The molecule has 0 aromatic carbocycles. The fraction of sp³-hybridized carbons (Fsp3) is 0.543. The molecule has 0 amide bonds. The van der Waals surface area contributed by atoms with E-state index in [1.807, 2.05) is 83.1 Å². The average molecular weight is 1600 g/mol. The van der Waals surface area contributed by atoms with E-state index in [9.17, 15) is 64.7 Å². The number of ether oxygens (including phenoxy) is 6.